The molecule has 1 aromatic carbocycles. The predicted molar refractivity (Wildman–Crippen MR) is 76.0 cm³/mol. The number of aliphatic hydroxyl groups is 2. The van der Waals surface area contributed by atoms with Crippen LogP contribution in [0.5, 0.6) is 0 Å². The number of thioether (sulfide) groups is 1. The second-order valence-electron chi connectivity index (χ2n) is 4.92. The molecule has 0 radical (unpaired) electrons. The van der Waals surface area contributed by atoms with Gasteiger partial charge in [0.1, 0.15) is 0 Å². The molecule has 1 aromatic rings. The van der Waals surface area contributed by atoms with E-state index in [2.05, 4.69) is 34.5 Å². The molecule has 0 bridgehead atoms. The molecule has 3 N–H and O–H groups in total. The minimum absolute atomic E-state index is 0.0389. The smallest absolute Gasteiger partial charge is 0.0796 e. The van der Waals surface area contributed by atoms with Crippen LogP contribution in [0.15, 0.2) is 24.3 Å². The van der Waals surface area contributed by atoms with Crippen molar-refractivity contribution in [3.8, 4) is 0 Å². The molecule has 1 aliphatic rings. The van der Waals surface area contributed by atoms with E-state index in [-0.39, 0.29) is 18.6 Å². The summed E-state index contributed by atoms with van der Waals surface area (Å²) in [5.74, 6) is 0.722. The van der Waals surface area contributed by atoms with Crippen molar-refractivity contribution in [2.45, 2.75) is 10.9 Å². The minimum Gasteiger partial charge on any atom is -0.394 e. The van der Waals surface area contributed by atoms with Crippen molar-refractivity contribution in [1.82, 2.24) is 5.32 Å². The summed E-state index contributed by atoms with van der Waals surface area (Å²) in [6, 6.07) is 8.33. The summed E-state index contributed by atoms with van der Waals surface area (Å²) in [4.78, 5) is 2.06. The van der Waals surface area contributed by atoms with E-state index >= 15 is 0 Å². The second-order valence-corrected chi connectivity index (χ2v) is 6.01. The van der Waals surface area contributed by atoms with Crippen molar-refractivity contribution in [2.75, 3.05) is 38.0 Å². The number of benzene rings is 1. The molecule has 0 spiro atoms. The van der Waals surface area contributed by atoms with Crippen molar-refractivity contribution in [2.24, 2.45) is 0 Å². The largest absolute Gasteiger partial charge is 0.394 e. The van der Waals surface area contributed by atoms with Crippen LogP contribution in [0.1, 0.15) is 10.9 Å². The summed E-state index contributed by atoms with van der Waals surface area (Å²) in [7, 11) is 4.03. The summed E-state index contributed by atoms with van der Waals surface area (Å²) in [5.41, 5.74) is 1.79. The topological polar surface area (TPSA) is 55.7 Å². The highest BCUT2D eigenvalue weighted by Crippen LogP contribution is 2.37. The molecule has 0 saturated carbocycles. The number of rotatable bonds is 4. The Morgan fingerprint density at radius 3 is 2.33 bits per heavy atom. The quantitative estimate of drug-likeness (QED) is 0.754. The Hall–Kier alpha value is -0.750. The zero-order valence-electron chi connectivity index (χ0n) is 10.8. The Kier molecular flexibility index (Phi) is 4.17. The summed E-state index contributed by atoms with van der Waals surface area (Å²) in [5, 5.41) is 22.2. The second kappa shape index (κ2) is 5.48. The predicted octanol–water partition coefficient (Wildman–Crippen LogP) is 0.811. The number of aliphatic hydroxyl groups excluding tert-OH is 2. The maximum absolute atomic E-state index is 9.36. The van der Waals surface area contributed by atoms with Crippen LogP contribution < -0.4 is 10.2 Å². The van der Waals surface area contributed by atoms with Gasteiger partial charge in [0.05, 0.1) is 24.1 Å². The molecule has 0 aromatic heterocycles. The Morgan fingerprint density at radius 2 is 1.89 bits per heavy atom. The SMILES string of the molecule is CN(C)c1ccc([C@H]2NC(CO)(CO)CS2)cc1. The molecular formula is C13H20N2O2S. The lowest BCUT2D eigenvalue weighted by Crippen LogP contribution is -2.49. The normalized spacial score (nSPS) is 22.1. The Labute approximate surface area is 112 Å². The van der Waals surface area contributed by atoms with Gasteiger partial charge in [-0.25, -0.2) is 0 Å². The molecular weight excluding hydrogens is 248 g/mol. The van der Waals surface area contributed by atoms with Crippen LogP contribution in [0.25, 0.3) is 0 Å². The van der Waals surface area contributed by atoms with Gasteiger partial charge in [0.25, 0.3) is 0 Å². The molecule has 4 nitrogen and oxygen atoms in total. The van der Waals surface area contributed by atoms with Gasteiger partial charge in [-0.05, 0) is 17.7 Å². The number of nitrogens with zero attached hydrogens (tertiary/aromatic N) is 1. The van der Waals surface area contributed by atoms with E-state index in [1.54, 1.807) is 11.8 Å². The third-order valence-electron chi connectivity index (χ3n) is 3.28. The third kappa shape index (κ3) is 2.64. The lowest BCUT2D eigenvalue weighted by molar-refractivity contribution is 0.112. The van der Waals surface area contributed by atoms with Crippen molar-refractivity contribution in [1.29, 1.82) is 0 Å². The van der Waals surface area contributed by atoms with Crippen LogP contribution in [0.4, 0.5) is 5.69 Å². The number of hydrogen-bond acceptors (Lipinski definition) is 5. The average Bonchev–Trinajstić information content (AvgIpc) is 2.84. The van der Waals surface area contributed by atoms with Crippen LogP contribution in [0, 0.1) is 0 Å². The highest BCUT2D eigenvalue weighted by Gasteiger charge is 2.38. The zero-order valence-corrected chi connectivity index (χ0v) is 11.6. The molecule has 0 amide bonds. The molecule has 0 unspecified atom stereocenters. The summed E-state index contributed by atoms with van der Waals surface area (Å²) < 4.78 is 0. The molecule has 1 saturated heterocycles. The van der Waals surface area contributed by atoms with E-state index < -0.39 is 5.54 Å². The highest BCUT2D eigenvalue weighted by atomic mass is 32.2. The molecule has 0 aliphatic carbocycles. The first-order valence-corrected chi connectivity index (χ1v) is 7.03. The summed E-state index contributed by atoms with van der Waals surface area (Å²) >= 11 is 1.72. The van der Waals surface area contributed by atoms with Gasteiger partial charge in [-0.1, -0.05) is 12.1 Å². The van der Waals surface area contributed by atoms with Gasteiger partial charge in [-0.3, -0.25) is 5.32 Å². The van der Waals surface area contributed by atoms with Gasteiger partial charge in [0.15, 0.2) is 0 Å². The monoisotopic (exact) mass is 268 g/mol. The zero-order chi connectivity index (χ0) is 13.2. The third-order valence-corrected chi connectivity index (χ3v) is 4.72. The minimum atomic E-state index is -0.546. The number of anilines is 1. The first-order chi connectivity index (χ1) is 8.60. The Balaban J connectivity index is 2.09. The van der Waals surface area contributed by atoms with E-state index in [0.717, 1.165) is 11.4 Å². The number of hydrogen-bond donors (Lipinski definition) is 3. The van der Waals surface area contributed by atoms with E-state index in [0.29, 0.717) is 0 Å². The molecule has 5 heteroatoms. The fraction of sp³-hybridized carbons (Fsp3) is 0.538. The van der Waals surface area contributed by atoms with Crippen LogP contribution in [-0.2, 0) is 0 Å². The molecule has 1 aliphatic heterocycles. The molecule has 100 valence electrons. The molecule has 2 rings (SSSR count). The van der Waals surface area contributed by atoms with Crippen LogP contribution >= 0.6 is 11.8 Å². The maximum Gasteiger partial charge on any atom is 0.0796 e. The molecule has 1 heterocycles. The molecule has 1 fully saturated rings. The Bertz CT molecular complexity index is 390. The first kappa shape index (κ1) is 13.7. The molecule has 1 atom stereocenters. The van der Waals surface area contributed by atoms with E-state index in [9.17, 15) is 10.2 Å². The number of nitrogens with one attached hydrogen (secondary N) is 1. The average molecular weight is 268 g/mol. The van der Waals surface area contributed by atoms with Gasteiger partial charge in [-0.15, -0.1) is 11.8 Å². The van der Waals surface area contributed by atoms with Gasteiger partial charge < -0.3 is 15.1 Å². The first-order valence-electron chi connectivity index (χ1n) is 5.98. The van der Waals surface area contributed by atoms with Gasteiger partial charge >= 0.3 is 0 Å². The maximum atomic E-state index is 9.36. The fourth-order valence-corrected chi connectivity index (χ4v) is 3.40. The van der Waals surface area contributed by atoms with Crippen LogP contribution in [0.3, 0.4) is 0 Å². The Morgan fingerprint density at radius 1 is 1.28 bits per heavy atom. The van der Waals surface area contributed by atoms with E-state index in [1.807, 2.05) is 14.1 Å². The van der Waals surface area contributed by atoms with E-state index in [4.69, 9.17) is 0 Å². The van der Waals surface area contributed by atoms with Crippen molar-refractivity contribution >= 4 is 17.4 Å². The van der Waals surface area contributed by atoms with Crippen molar-refractivity contribution < 1.29 is 10.2 Å². The fourth-order valence-electron chi connectivity index (χ4n) is 1.96. The van der Waals surface area contributed by atoms with E-state index in [1.165, 1.54) is 5.56 Å². The van der Waals surface area contributed by atoms with Gasteiger partial charge in [0, 0.05) is 25.5 Å². The molecule has 18 heavy (non-hydrogen) atoms. The van der Waals surface area contributed by atoms with Crippen molar-refractivity contribution in [3.05, 3.63) is 29.8 Å². The van der Waals surface area contributed by atoms with Crippen LogP contribution in [-0.4, -0.2) is 48.8 Å². The summed E-state index contributed by atoms with van der Waals surface area (Å²) in [6.45, 7) is -0.0778. The van der Waals surface area contributed by atoms with Gasteiger partial charge in [0.2, 0.25) is 0 Å². The van der Waals surface area contributed by atoms with Crippen LogP contribution in [0.2, 0.25) is 0 Å². The van der Waals surface area contributed by atoms with Crippen molar-refractivity contribution in [3.63, 3.8) is 0 Å². The van der Waals surface area contributed by atoms with Gasteiger partial charge in [-0.2, -0.15) is 0 Å². The summed E-state index contributed by atoms with van der Waals surface area (Å²) in [6.07, 6.45) is 0. The lowest BCUT2D eigenvalue weighted by Gasteiger charge is -2.24. The standard InChI is InChI=1S/C13H20N2O2S/c1-15(2)11-5-3-10(4-6-11)12-14-13(7-16,8-17)9-18-12/h3-6,12,14,16-17H,7-9H2,1-2H3/t12-/m0/s1. The lowest BCUT2D eigenvalue weighted by atomic mass is 10.0. The highest BCUT2D eigenvalue weighted by molar-refractivity contribution is 7.99.